The van der Waals surface area contributed by atoms with Gasteiger partial charge in [0.1, 0.15) is 0 Å². The van der Waals surface area contributed by atoms with E-state index in [0.717, 1.165) is 35.9 Å². The topological polar surface area (TPSA) is 55.1 Å². The van der Waals surface area contributed by atoms with Gasteiger partial charge in [0, 0.05) is 4.43 Å². The number of carbonyl (C=O) groups excluding carboxylic acids is 1. The molecule has 1 aromatic rings. The zero-order valence-corrected chi connectivity index (χ0v) is 11.9. The summed E-state index contributed by atoms with van der Waals surface area (Å²) in [5.74, 6) is -0.193. The summed E-state index contributed by atoms with van der Waals surface area (Å²) in [5.41, 5.74) is 7.52. The summed E-state index contributed by atoms with van der Waals surface area (Å²) in [5, 5.41) is 3.28. The van der Waals surface area contributed by atoms with Crippen molar-refractivity contribution >= 4 is 28.5 Å². The molecule has 3 N–H and O–H groups in total. The van der Waals surface area contributed by atoms with Gasteiger partial charge in [-0.05, 0) is 37.1 Å². The Hall–Kier alpha value is -0.620. The van der Waals surface area contributed by atoms with Gasteiger partial charge in [0.2, 0.25) is 5.91 Å². The normalized spacial score (nSPS) is 18.9. The Morgan fingerprint density at radius 3 is 2.35 bits per heavy atom. The molecule has 0 atom stereocenters. The summed E-state index contributed by atoms with van der Waals surface area (Å²) in [6.45, 7) is 1.72. The lowest BCUT2D eigenvalue weighted by molar-refractivity contribution is -0.124. The number of halogens is 1. The van der Waals surface area contributed by atoms with Crippen LogP contribution >= 0.6 is 22.6 Å². The maximum absolute atomic E-state index is 11.8. The molecule has 0 aromatic heterocycles. The molecule has 0 spiro atoms. The van der Waals surface area contributed by atoms with Crippen LogP contribution in [0.3, 0.4) is 0 Å². The van der Waals surface area contributed by atoms with Crippen molar-refractivity contribution in [3.05, 3.63) is 35.4 Å². The van der Waals surface area contributed by atoms with Crippen LogP contribution in [0.5, 0.6) is 0 Å². The maximum atomic E-state index is 11.8. The highest BCUT2D eigenvalue weighted by molar-refractivity contribution is 14.1. The average Bonchev–Trinajstić information content (AvgIpc) is 2.39. The minimum atomic E-state index is -0.463. The number of alkyl halides is 1. The zero-order valence-electron chi connectivity index (χ0n) is 9.71. The Morgan fingerprint density at radius 2 is 1.88 bits per heavy atom. The second kappa shape index (κ2) is 5.35. The van der Waals surface area contributed by atoms with Crippen LogP contribution in [-0.2, 0) is 14.6 Å². The van der Waals surface area contributed by atoms with Gasteiger partial charge in [0.05, 0.1) is 5.41 Å². The van der Waals surface area contributed by atoms with Gasteiger partial charge in [-0.2, -0.15) is 0 Å². The fourth-order valence-electron chi connectivity index (χ4n) is 2.44. The van der Waals surface area contributed by atoms with E-state index in [0.29, 0.717) is 0 Å². The van der Waals surface area contributed by atoms with Crippen LogP contribution in [0.25, 0.3) is 0 Å². The Labute approximate surface area is 115 Å². The molecule has 3 nitrogen and oxygen atoms in total. The van der Waals surface area contributed by atoms with Crippen LogP contribution in [-0.4, -0.2) is 19.0 Å². The van der Waals surface area contributed by atoms with Gasteiger partial charge in [-0.25, -0.2) is 0 Å². The molecule has 1 fully saturated rings. The Morgan fingerprint density at radius 1 is 1.29 bits per heavy atom. The molecule has 1 saturated heterocycles. The summed E-state index contributed by atoms with van der Waals surface area (Å²) >= 11 is 2.33. The van der Waals surface area contributed by atoms with Crippen LogP contribution in [0.1, 0.15) is 24.0 Å². The van der Waals surface area contributed by atoms with E-state index in [2.05, 4.69) is 52.2 Å². The molecule has 4 heteroatoms. The minimum absolute atomic E-state index is 0.193. The minimum Gasteiger partial charge on any atom is -0.369 e. The highest BCUT2D eigenvalue weighted by atomic mass is 127. The van der Waals surface area contributed by atoms with Gasteiger partial charge in [-0.3, -0.25) is 4.79 Å². The molecule has 1 aliphatic heterocycles. The van der Waals surface area contributed by atoms with Crippen molar-refractivity contribution in [2.24, 2.45) is 5.73 Å². The van der Waals surface area contributed by atoms with Crippen LogP contribution in [0.2, 0.25) is 0 Å². The molecule has 92 valence electrons. The fourth-order valence-corrected chi connectivity index (χ4v) is 2.95. The molecule has 1 aromatic carbocycles. The Kier molecular flexibility index (Phi) is 4.04. The third-order valence-electron chi connectivity index (χ3n) is 3.59. The first-order chi connectivity index (χ1) is 8.19. The summed E-state index contributed by atoms with van der Waals surface area (Å²) in [7, 11) is 0. The van der Waals surface area contributed by atoms with Crippen LogP contribution in [0.15, 0.2) is 24.3 Å². The van der Waals surface area contributed by atoms with Gasteiger partial charge in [0.25, 0.3) is 0 Å². The van der Waals surface area contributed by atoms with Crippen molar-refractivity contribution in [1.29, 1.82) is 0 Å². The number of nitrogens with one attached hydrogen (secondary N) is 1. The molecule has 17 heavy (non-hydrogen) atoms. The van der Waals surface area contributed by atoms with Crippen molar-refractivity contribution in [2.45, 2.75) is 22.7 Å². The van der Waals surface area contributed by atoms with Crippen molar-refractivity contribution < 1.29 is 4.79 Å². The zero-order chi connectivity index (χ0) is 12.3. The SMILES string of the molecule is NC(=O)C1(c2ccc(CI)cc2)CCNCC1. The quantitative estimate of drug-likeness (QED) is 0.648. The Balaban J connectivity index is 2.34. The molecule has 2 rings (SSSR count). The highest BCUT2D eigenvalue weighted by Gasteiger charge is 2.39. The molecule has 0 radical (unpaired) electrons. The lowest BCUT2D eigenvalue weighted by atomic mass is 9.72. The molecule has 0 aliphatic carbocycles. The van der Waals surface area contributed by atoms with Gasteiger partial charge in [-0.1, -0.05) is 46.9 Å². The fraction of sp³-hybridized carbons (Fsp3) is 0.462. The summed E-state index contributed by atoms with van der Waals surface area (Å²) in [4.78, 5) is 11.8. The van der Waals surface area contributed by atoms with Crippen LogP contribution in [0, 0.1) is 0 Å². The number of amides is 1. The third kappa shape index (κ3) is 2.47. The standard InChI is InChI=1S/C13H17IN2O/c14-9-10-1-3-11(4-2-10)13(12(15)17)5-7-16-8-6-13/h1-4,16H,5-9H2,(H2,15,17). The largest absolute Gasteiger partial charge is 0.369 e. The van der Waals surface area contributed by atoms with Crippen molar-refractivity contribution in [3.63, 3.8) is 0 Å². The smallest absolute Gasteiger partial charge is 0.228 e. The van der Waals surface area contributed by atoms with E-state index in [9.17, 15) is 4.79 Å². The summed E-state index contributed by atoms with van der Waals surface area (Å²) in [6.07, 6.45) is 1.60. The van der Waals surface area contributed by atoms with E-state index < -0.39 is 5.41 Å². The van der Waals surface area contributed by atoms with Crippen molar-refractivity contribution in [1.82, 2.24) is 5.32 Å². The van der Waals surface area contributed by atoms with E-state index in [-0.39, 0.29) is 5.91 Å². The summed E-state index contributed by atoms with van der Waals surface area (Å²) in [6, 6.07) is 8.30. The first-order valence-corrected chi connectivity index (χ1v) is 7.37. The monoisotopic (exact) mass is 344 g/mol. The number of rotatable bonds is 3. The van der Waals surface area contributed by atoms with Crippen LogP contribution < -0.4 is 11.1 Å². The van der Waals surface area contributed by atoms with Gasteiger partial charge in [0.15, 0.2) is 0 Å². The molecule has 0 saturated carbocycles. The summed E-state index contributed by atoms with van der Waals surface area (Å²) < 4.78 is 0.989. The third-order valence-corrected chi connectivity index (χ3v) is 4.47. The first-order valence-electron chi connectivity index (χ1n) is 5.85. The molecule has 0 unspecified atom stereocenters. The molecule has 1 amide bonds. The number of piperidine rings is 1. The number of carbonyl (C=O) groups is 1. The van der Waals surface area contributed by atoms with Gasteiger partial charge < -0.3 is 11.1 Å². The number of benzene rings is 1. The Bertz CT molecular complexity index is 396. The predicted molar refractivity (Wildman–Crippen MR) is 77.1 cm³/mol. The van der Waals surface area contributed by atoms with Gasteiger partial charge >= 0.3 is 0 Å². The predicted octanol–water partition coefficient (Wildman–Crippen LogP) is 1.73. The second-order valence-electron chi connectivity index (χ2n) is 4.53. The number of hydrogen-bond donors (Lipinski definition) is 2. The van der Waals surface area contributed by atoms with E-state index in [1.807, 2.05) is 0 Å². The lowest BCUT2D eigenvalue weighted by Crippen LogP contribution is -2.48. The second-order valence-corrected chi connectivity index (χ2v) is 5.29. The highest BCUT2D eigenvalue weighted by Crippen LogP contribution is 2.33. The first kappa shape index (κ1) is 12.8. The maximum Gasteiger partial charge on any atom is 0.228 e. The molecule has 1 aliphatic rings. The molecular formula is C13H17IN2O. The molecule has 0 bridgehead atoms. The number of hydrogen-bond acceptors (Lipinski definition) is 2. The van der Waals surface area contributed by atoms with Crippen molar-refractivity contribution in [2.75, 3.05) is 13.1 Å². The molecular weight excluding hydrogens is 327 g/mol. The van der Waals surface area contributed by atoms with Crippen LogP contribution in [0.4, 0.5) is 0 Å². The average molecular weight is 344 g/mol. The number of primary amides is 1. The lowest BCUT2D eigenvalue weighted by Gasteiger charge is -2.35. The van der Waals surface area contributed by atoms with Gasteiger partial charge in [-0.15, -0.1) is 0 Å². The van der Waals surface area contributed by atoms with E-state index in [1.165, 1.54) is 5.56 Å². The number of nitrogens with two attached hydrogens (primary N) is 1. The van der Waals surface area contributed by atoms with E-state index in [4.69, 9.17) is 5.73 Å². The van der Waals surface area contributed by atoms with Crippen molar-refractivity contribution in [3.8, 4) is 0 Å². The van der Waals surface area contributed by atoms with E-state index >= 15 is 0 Å². The van der Waals surface area contributed by atoms with E-state index in [1.54, 1.807) is 0 Å². The molecule has 1 heterocycles.